The maximum Gasteiger partial charge on any atom is 0.0623 e. The molecule has 0 rings (SSSR count). The van der Waals surface area contributed by atoms with E-state index in [0.717, 1.165) is 0 Å². The fraction of sp³-hybridized carbons (Fsp3) is 1.00. The van der Waals surface area contributed by atoms with Crippen LogP contribution in [0.25, 0.3) is 0 Å². The van der Waals surface area contributed by atoms with Crippen LogP contribution in [0.5, 0.6) is 0 Å². The van der Waals surface area contributed by atoms with Crippen LogP contribution in [0.1, 0.15) is 91.9 Å². The molecule has 2 unspecified atom stereocenters. The lowest BCUT2D eigenvalue weighted by Crippen LogP contribution is -2.46. The topological polar surface area (TPSA) is 202 Å². The number of aliphatic hydroxyl groups excluding tert-OH is 10. The highest BCUT2D eigenvalue weighted by Gasteiger charge is 2.43. The summed E-state index contributed by atoms with van der Waals surface area (Å²) in [4.78, 5) is 0. The normalized spacial score (nSPS) is 21.4. The SMILES string of the molecule is C[C@H](O)C[C@@H](O)CC(C[C@H](O)C[C@H](C)O)(C[C@H](O)C[C@H](C)O)C(O)CC(O)CC[C@H](O)C[C@H](C)O. The van der Waals surface area contributed by atoms with Gasteiger partial charge < -0.3 is 51.1 Å². The maximum atomic E-state index is 11.3. The van der Waals surface area contributed by atoms with E-state index in [1.54, 1.807) is 6.92 Å². The molecule has 10 nitrogen and oxygen atoms in total. The van der Waals surface area contributed by atoms with Gasteiger partial charge in [0.25, 0.3) is 0 Å². The second-order valence-electron chi connectivity index (χ2n) is 10.9. The molecule has 10 heteroatoms. The largest absolute Gasteiger partial charge is 0.393 e. The molecule has 0 bridgehead atoms. The Morgan fingerprint density at radius 2 is 0.657 bits per heavy atom. The summed E-state index contributed by atoms with van der Waals surface area (Å²) in [7, 11) is 0. The lowest BCUT2D eigenvalue weighted by molar-refractivity contribution is -0.0969. The van der Waals surface area contributed by atoms with Gasteiger partial charge in [-0.05, 0) is 91.9 Å². The van der Waals surface area contributed by atoms with E-state index < -0.39 is 66.5 Å². The zero-order valence-corrected chi connectivity index (χ0v) is 21.8. The summed E-state index contributed by atoms with van der Waals surface area (Å²) in [5, 5.41) is 102. The van der Waals surface area contributed by atoms with Crippen LogP contribution in [0.2, 0.25) is 0 Å². The molecule has 0 aromatic rings. The van der Waals surface area contributed by atoms with Gasteiger partial charge in [-0.25, -0.2) is 0 Å². The molecule has 0 radical (unpaired) electrons. The standard InChI is InChI=1S/C25H52O10/c1-15(26)7-19(30)5-6-20(31)11-24(35)25(12-21(32)8-16(2)27,13-22(33)9-17(3)28)14-23(34)10-18(4)29/h15-24,26-35H,5-14H2,1-4H3/t15-,16-,17-,18-,19-,20?,21+,22+,23+,24?/m0/s1. The van der Waals surface area contributed by atoms with Crippen molar-refractivity contribution in [3.8, 4) is 0 Å². The Morgan fingerprint density at radius 1 is 0.400 bits per heavy atom. The van der Waals surface area contributed by atoms with Gasteiger partial charge >= 0.3 is 0 Å². The first-order chi connectivity index (χ1) is 16.1. The van der Waals surface area contributed by atoms with Gasteiger partial charge in [-0.15, -0.1) is 0 Å². The minimum Gasteiger partial charge on any atom is -0.393 e. The minimum atomic E-state index is -1.30. The molecule has 0 heterocycles. The van der Waals surface area contributed by atoms with Crippen molar-refractivity contribution < 1.29 is 51.1 Å². The van der Waals surface area contributed by atoms with Crippen LogP contribution in [0.3, 0.4) is 0 Å². The summed E-state index contributed by atoms with van der Waals surface area (Å²) in [6.45, 7) is 6.07. The summed E-state index contributed by atoms with van der Waals surface area (Å²) in [6.07, 6.45) is -9.49. The number of hydrogen-bond donors (Lipinski definition) is 10. The molecule has 0 aromatic heterocycles. The highest BCUT2D eigenvalue weighted by Crippen LogP contribution is 2.42. The first-order valence-electron chi connectivity index (χ1n) is 12.9. The van der Waals surface area contributed by atoms with Crippen LogP contribution in [0.15, 0.2) is 0 Å². The molecule has 0 aliphatic carbocycles. The molecule has 10 atom stereocenters. The highest BCUT2D eigenvalue weighted by molar-refractivity contribution is 4.94. The second-order valence-corrected chi connectivity index (χ2v) is 10.9. The molecular formula is C25H52O10. The molecule has 0 aromatic carbocycles. The predicted octanol–water partition coefficient (Wildman–Crippen LogP) is -0.438. The molecule has 0 amide bonds. The quantitative estimate of drug-likeness (QED) is 0.102. The molecule has 10 N–H and O–H groups in total. The highest BCUT2D eigenvalue weighted by atomic mass is 16.3. The Bertz CT molecular complexity index is 483. The van der Waals surface area contributed by atoms with E-state index in [9.17, 15) is 51.1 Å². The van der Waals surface area contributed by atoms with Crippen molar-refractivity contribution in [2.24, 2.45) is 5.41 Å². The minimum absolute atomic E-state index is 0.00154. The molecule has 0 spiro atoms. The molecule has 212 valence electrons. The van der Waals surface area contributed by atoms with E-state index in [2.05, 4.69) is 0 Å². The molecule has 0 fully saturated rings. The maximum absolute atomic E-state index is 11.3. The van der Waals surface area contributed by atoms with Gasteiger partial charge in [0.2, 0.25) is 0 Å². The Morgan fingerprint density at radius 3 is 0.943 bits per heavy atom. The van der Waals surface area contributed by atoms with Crippen molar-refractivity contribution in [2.75, 3.05) is 0 Å². The average molecular weight is 513 g/mol. The number of rotatable bonds is 20. The average Bonchev–Trinajstić information content (AvgIpc) is 2.63. The monoisotopic (exact) mass is 512 g/mol. The van der Waals surface area contributed by atoms with Crippen molar-refractivity contribution in [1.82, 2.24) is 0 Å². The first kappa shape index (κ1) is 34.6. The molecule has 0 saturated carbocycles. The third-order valence-corrected chi connectivity index (χ3v) is 6.41. The number of hydrogen-bond acceptors (Lipinski definition) is 10. The Balaban J connectivity index is 5.81. The summed E-state index contributed by atoms with van der Waals surface area (Å²) in [6, 6.07) is 0. The molecule has 0 aliphatic heterocycles. The second kappa shape index (κ2) is 17.2. The third-order valence-electron chi connectivity index (χ3n) is 6.41. The van der Waals surface area contributed by atoms with Gasteiger partial charge in [0.05, 0.1) is 61.0 Å². The van der Waals surface area contributed by atoms with Crippen molar-refractivity contribution >= 4 is 0 Å². The van der Waals surface area contributed by atoms with Gasteiger partial charge in [-0.3, -0.25) is 0 Å². The molecule has 0 saturated heterocycles. The lowest BCUT2D eigenvalue weighted by atomic mass is 9.66. The smallest absolute Gasteiger partial charge is 0.0623 e. The Kier molecular flexibility index (Phi) is 17.0. The van der Waals surface area contributed by atoms with Crippen LogP contribution < -0.4 is 0 Å². The Hall–Kier alpha value is -0.400. The van der Waals surface area contributed by atoms with E-state index >= 15 is 0 Å². The van der Waals surface area contributed by atoms with Gasteiger partial charge in [-0.1, -0.05) is 0 Å². The molecule has 0 aliphatic rings. The zero-order chi connectivity index (χ0) is 27.3. The van der Waals surface area contributed by atoms with E-state index in [-0.39, 0.29) is 64.2 Å². The summed E-state index contributed by atoms with van der Waals surface area (Å²) >= 11 is 0. The van der Waals surface area contributed by atoms with E-state index in [1.165, 1.54) is 20.8 Å². The fourth-order valence-electron chi connectivity index (χ4n) is 5.02. The van der Waals surface area contributed by atoms with Gasteiger partial charge in [0.15, 0.2) is 0 Å². The summed E-state index contributed by atoms with van der Waals surface area (Å²) in [5.74, 6) is 0. The zero-order valence-electron chi connectivity index (χ0n) is 21.8. The number of aliphatic hydroxyl groups is 10. The fourth-order valence-corrected chi connectivity index (χ4v) is 5.02. The predicted molar refractivity (Wildman–Crippen MR) is 131 cm³/mol. The van der Waals surface area contributed by atoms with E-state index in [0.29, 0.717) is 0 Å². The summed E-state index contributed by atoms with van der Waals surface area (Å²) in [5.41, 5.74) is -1.30. The van der Waals surface area contributed by atoms with Crippen molar-refractivity contribution in [2.45, 2.75) is 153 Å². The van der Waals surface area contributed by atoms with Crippen LogP contribution >= 0.6 is 0 Å². The van der Waals surface area contributed by atoms with Crippen LogP contribution in [0.4, 0.5) is 0 Å². The first-order valence-corrected chi connectivity index (χ1v) is 12.9. The lowest BCUT2D eigenvalue weighted by Gasteiger charge is -2.43. The van der Waals surface area contributed by atoms with Crippen molar-refractivity contribution in [1.29, 1.82) is 0 Å². The van der Waals surface area contributed by atoms with Gasteiger partial charge in [0, 0.05) is 5.41 Å². The Labute approximate surface area is 209 Å². The molecular weight excluding hydrogens is 460 g/mol. The van der Waals surface area contributed by atoms with E-state index in [1.807, 2.05) is 0 Å². The van der Waals surface area contributed by atoms with Gasteiger partial charge in [0.1, 0.15) is 0 Å². The van der Waals surface area contributed by atoms with Gasteiger partial charge in [-0.2, -0.15) is 0 Å². The van der Waals surface area contributed by atoms with Crippen LogP contribution in [-0.4, -0.2) is 112 Å². The van der Waals surface area contributed by atoms with Crippen LogP contribution in [0, 0.1) is 5.41 Å². The summed E-state index contributed by atoms with van der Waals surface area (Å²) < 4.78 is 0. The van der Waals surface area contributed by atoms with Crippen LogP contribution in [-0.2, 0) is 0 Å². The van der Waals surface area contributed by atoms with E-state index in [4.69, 9.17) is 0 Å². The van der Waals surface area contributed by atoms with Crippen molar-refractivity contribution in [3.05, 3.63) is 0 Å². The third kappa shape index (κ3) is 16.1. The van der Waals surface area contributed by atoms with Crippen molar-refractivity contribution in [3.63, 3.8) is 0 Å². The molecule has 35 heavy (non-hydrogen) atoms.